The lowest BCUT2D eigenvalue weighted by Crippen LogP contribution is -2.51. The van der Waals surface area contributed by atoms with Gasteiger partial charge in [0, 0.05) is 12.6 Å². The lowest BCUT2D eigenvalue weighted by Gasteiger charge is -2.31. The van der Waals surface area contributed by atoms with Gasteiger partial charge in [-0.3, -0.25) is 9.59 Å². The quantitative estimate of drug-likeness (QED) is 0.690. The highest BCUT2D eigenvalue weighted by atomic mass is 16.2. The van der Waals surface area contributed by atoms with Crippen LogP contribution in [0.5, 0.6) is 0 Å². The van der Waals surface area contributed by atoms with Crippen LogP contribution in [-0.4, -0.2) is 28.8 Å². The fraction of sp³-hybridized carbons (Fsp3) is 0.462. The fourth-order valence-corrected chi connectivity index (χ4v) is 4.28. The van der Waals surface area contributed by atoms with Crippen molar-refractivity contribution in [3.63, 3.8) is 0 Å². The van der Waals surface area contributed by atoms with Crippen LogP contribution in [0.3, 0.4) is 0 Å². The molecule has 30 heavy (non-hydrogen) atoms. The van der Waals surface area contributed by atoms with Crippen LogP contribution < -0.4 is 5.32 Å². The maximum atomic E-state index is 13.4. The molecule has 0 aromatic heterocycles. The molecule has 1 atom stereocenters. The zero-order chi connectivity index (χ0) is 21.5. The summed E-state index contributed by atoms with van der Waals surface area (Å²) < 4.78 is 0. The van der Waals surface area contributed by atoms with Crippen molar-refractivity contribution in [3.05, 3.63) is 70.8 Å². The molecule has 3 rings (SSSR count). The molecule has 0 saturated heterocycles. The van der Waals surface area contributed by atoms with Crippen LogP contribution in [0.25, 0.3) is 0 Å². The first-order valence-corrected chi connectivity index (χ1v) is 11.2. The number of benzene rings is 2. The molecule has 2 aromatic carbocycles. The number of hydrogen-bond acceptors (Lipinski definition) is 2. The summed E-state index contributed by atoms with van der Waals surface area (Å²) in [5.41, 5.74) is 4.35. The Hall–Kier alpha value is -2.62. The summed E-state index contributed by atoms with van der Waals surface area (Å²) in [6, 6.07) is 16.0. The number of aryl methyl sites for hydroxylation is 2. The lowest BCUT2D eigenvalue weighted by atomic mass is 10.0. The Balaban J connectivity index is 1.81. The van der Waals surface area contributed by atoms with Gasteiger partial charge in [-0.05, 0) is 44.2 Å². The Labute approximate surface area is 180 Å². The van der Waals surface area contributed by atoms with Crippen molar-refractivity contribution < 1.29 is 9.59 Å². The van der Waals surface area contributed by atoms with Crippen LogP contribution in [0.2, 0.25) is 0 Å². The minimum absolute atomic E-state index is 0.00500. The molecular weight excluding hydrogens is 372 g/mol. The maximum Gasteiger partial charge on any atom is 0.243 e. The van der Waals surface area contributed by atoms with E-state index in [-0.39, 0.29) is 17.9 Å². The van der Waals surface area contributed by atoms with Crippen LogP contribution >= 0.6 is 0 Å². The number of carbonyl (C=O) groups is 2. The van der Waals surface area contributed by atoms with Gasteiger partial charge in [-0.25, -0.2) is 0 Å². The molecule has 0 spiro atoms. The van der Waals surface area contributed by atoms with Crippen LogP contribution in [0.15, 0.2) is 48.5 Å². The Morgan fingerprint density at radius 2 is 1.70 bits per heavy atom. The van der Waals surface area contributed by atoms with Gasteiger partial charge < -0.3 is 10.2 Å². The summed E-state index contributed by atoms with van der Waals surface area (Å²) in [5.74, 6) is -0.0244. The normalized spacial score (nSPS) is 15.0. The van der Waals surface area contributed by atoms with Crippen molar-refractivity contribution in [1.82, 2.24) is 10.2 Å². The summed E-state index contributed by atoms with van der Waals surface area (Å²) in [4.78, 5) is 28.3. The topological polar surface area (TPSA) is 49.4 Å². The minimum Gasteiger partial charge on any atom is -0.352 e. The zero-order valence-corrected chi connectivity index (χ0v) is 18.5. The third kappa shape index (κ3) is 5.94. The molecule has 0 bridgehead atoms. The number of carbonyl (C=O) groups excluding carboxylic acids is 2. The molecule has 1 aliphatic rings. The van der Waals surface area contributed by atoms with E-state index in [1.54, 1.807) is 4.90 Å². The third-order valence-electron chi connectivity index (χ3n) is 6.00. The first-order chi connectivity index (χ1) is 14.5. The van der Waals surface area contributed by atoms with E-state index in [1.807, 2.05) is 57.2 Å². The van der Waals surface area contributed by atoms with E-state index in [0.29, 0.717) is 19.4 Å². The molecule has 4 nitrogen and oxygen atoms in total. The van der Waals surface area contributed by atoms with E-state index in [9.17, 15) is 9.59 Å². The van der Waals surface area contributed by atoms with Crippen LogP contribution in [0, 0.1) is 13.8 Å². The summed E-state index contributed by atoms with van der Waals surface area (Å²) in [6.07, 6.45) is 5.32. The average molecular weight is 407 g/mol. The Morgan fingerprint density at radius 3 is 2.33 bits per heavy atom. The smallest absolute Gasteiger partial charge is 0.243 e. The first-order valence-electron chi connectivity index (χ1n) is 11.2. The maximum absolute atomic E-state index is 13.4. The van der Waals surface area contributed by atoms with Gasteiger partial charge in [-0.15, -0.1) is 0 Å². The average Bonchev–Trinajstić information content (AvgIpc) is 3.22. The molecule has 0 aliphatic heterocycles. The molecule has 4 heteroatoms. The van der Waals surface area contributed by atoms with E-state index in [2.05, 4.69) is 17.4 Å². The predicted octanol–water partition coefficient (Wildman–Crippen LogP) is 4.71. The first kappa shape index (κ1) is 22.1. The van der Waals surface area contributed by atoms with E-state index in [4.69, 9.17) is 0 Å². The molecular formula is C26H34N2O2. The Bertz CT molecular complexity index is 854. The van der Waals surface area contributed by atoms with E-state index >= 15 is 0 Å². The number of rotatable bonds is 8. The van der Waals surface area contributed by atoms with Gasteiger partial charge in [0.25, 0.3) is 0 Å². The van der Waals surface area contributed by atoms with Gasteiger partial charge in [0.2, 0.25) is 11.8 Å². The number of amides is 2. The van der Waals surface area contributed by atoms with Crippen molar-refractivity contribution in [2.45, 2.75) is 77.9 Å². The highest BCUT2D eigenvalue weighted by Gasteiger charge is 2.30. The summed E-state index contributed by atoms with van der Waals surface area (Å²) in [6.45, 7) is 6.51. The Kier molecular flexibility index (Phi) is 7.67. The second-order valence-corrected chi connectivity index (χ2v) is 8.59. The van der Waals surface area contributed by atoms with E-state index in [0.717, 1.165) is 29.5 Å². The molecule has 0 radical (unpaired) electrons. The molecule has 2 amide bonds. The number of hydrogen-bond donors (Lipinski definition) is 1. The van der Waals surface area contributed by atoms with Gasteiger partial charge in [-0.1, -0.05) is 79.4 Å². The molecule has 1 aliphatic carbocycles. The van der Waals surface area contributed by atoms with Crippen molar-refractivity contribution in [2.24, 2.45) is 0 Å². The fourth-order valence-electron chi connectivity index (χ4n) is 4.28. The largest absolute Gasteiger partial charge is 0.352 e. The number of nitrogens with zero attached hydrogens (tertiary/aromatic N) is 1. The molecule has 1 fully saturated rings. The highest BCUT2D eigenvalue weighted by molar-refractivity contribution is 5.88. The van der Waals surface area contributed by atoms with E-state index in [1.165, 1.54) is 18.4 Å². The summed E-state index contributed by atoms with van der Waals surface area (Å²) in [5, 5.41) is 3.20. The van der Waals surface area contributed by atoms with Crippen molar-refractivity contribution in [3.8, 4) is 0 Å². The molecule has 0 unspecified atom stereocenters. The molecule has 0 heterocycles. The summed E-state index contributed by atoms with van der Waals surface area (Å²) in [7, 11) is 0. The highest BCUT2D eigenvalue weighted by Crippen LogP contribution is 2.20. The molecule has 1 saturated carbocycles. The van der Waals surface area contributed by atoms with Crippen molar-refractivity contribution >= 4 is 11.8 Å². The monoisotopic (exact) mass is 406 g/mol. The molecule has 160 valence electrons. The van der Waals surface area contributed by atoms with Gasteiger partial charge in [0.05, 0.1) is 6.42 Å². The lowest BCUT2D eigenvalue weighted by molar-refractivity contribution is -0.141. The van der Waals surface area contributed by atoms with Gasteiger partial charge in [0.1, 0.15) is 6.04 Å². The van der Waals surface area contributed by atoms with Gasteiger partial charge in [-0.2, -0.15) is 0 Å². The van der Waals surface area contributed by atoms with Gasteiger partial charge >= 0.3 is 0 Å². The van der Waals surface area contributed by atoms with Crippen molar-refractivity contribution in [2.75, 3.05) is 0 Å². The van der Waals surface area contributed by atoms with Crippen LogP contribution in [-0.2, 0) is 22.6 Å². The third-order valence-corrected chi connectivity index (χ3v) is 6.00. The van der Waals surface area contributed by atoms with Crippen LogP contribution in [0.4, 0.5) is 0 Å². The predicted molar refractivity (Wildman–Crippen MR) is 121 cm³/mol. The van der Waals surface area contributed by atoms with Crippen molar-refractivity contribution in [1.29, 1.82) is 0 Å². The molecule has 2 aromatic rings. The second kappa shape index (κ2) is 10.4. The van der Waals surface area contributed by atoms with E-state index < -0.39 is 6.04 Å². The SMILES string of the molecule is CC[C@H](C(=O)NC1CCCC1)N(Cc1ccc(C)cc1)C(=O)Cc1cccc(C)c1. The second-order valence-electron chi connectivity index (χ2n) is 8.59. The summed E-state index contributed by atoms with van der Waals surface area (Å²) >= 11 is 0. The number of nitrogens with one attached hydrogen (secondary N) is 1. The zero-order valence-electron chi connectivity index (χ0n) is 18.5. The molecule has 1 N–H and O–H groups in total. The minimum atomic E-state index is -0.454. The standard InChI is InChI=1S/C26H34N2O2/c1-4-24(26(30)27-23-10-5-6-11-23)28(18-21-14-12-19(2)13-15-21)25(29)17-22-9-7-8-20(3)16-22/h7-9,12-16,23-24H,4-6,10-11,17-18H2,1-3H3,(H,27,30)/t24-/m1/s1. The Morgan fingerprint density at radius 1 is 1.00 bits per heavy atom. The van der Waals surface area contributed by atoms with Gasteiger partial charge in [0.15, 0.2) is 0 Å². The van der Waals surface area contributed by atoms with Crippen LogP contribution in [0.1, 0.15) is 61.3 Å².